The lowest BCUT2D eigenvalue weighted by molar-refractivity contribution is 0.580. The Bertz CT molecular complexity index is 556. The van der Waals surface area contributed by atoms with Gasteiger partial charge in [0.2, 0.25) is 5.65 Å². The first-order valence-electron chi connectivity index (χ1n) is 4.00. The van der Waals surface area contributed by atoms with Crippen LogP contribution in [0.3, 0.4) is 0 Å². The number of hydrogen-bond donors (Lipinski definition) is 1. The molecule has 0 unspecified atom stereocenters. The predicted molar refractivity (Wildman–Crippen MR) is 47.2 cm³/mol. The molecule has 0 saturated heterocycles. The minimum absolute atomic E-state index is 0.534. The summed E-state index contributed by atoms with van der Waals surface area (Å²) in [5.74, 6) is 0.659. The molecule has 0 saturated carbocycles. The van der Waals surface area contributed by atoms with E-state index in [4.69, 9.17) is 4.42 Å². The molecule has 3 heterocycles. The molecule has 0 aromatic carbocycles. The van der Waals surface area contributed by atoms with E-state index in [0.717, 1.165) is 0 Å². The SMILES string of the molecule is c1coc(-c2ncnc3n[nH]nc23)c1. The van der Waals surface area contributed by atoms with Gasteiger partial charge in [0.25, 0.3) is 0 Å². The van der Waals surface area contributed by atoms with Crippen molar-refractivity contribution in [2.75, 3.05) is 0 Å². The third kappa shape index (κ3) is 0.905. The molecule has 0 atom stereocenters. The van der Waals surface area contributed by atoms with E-state index in [1.54, 1.807) is 12.3 Å². The van der Waals surface area contributed by atoms with Gasteiger partial charge in [0.15, 0.2) is 11.3 Å². The van der Waals surface area contributed by atoms with Gasteiger partial charge in [0, 0.05) is 0 Å². The Labute approximate surface area is 78.0 Å². The summed E-state index contributed by atoms with van der Waals surface area (Å²) in [5.41, 5.74) is 1.79. The highest BCUT2D eigenvalue weighted by atomic mass is 16.3. The summed E-state index contributed by atoms with van der Waals surface area (Å²) >= 11 is 0. The Balaban J connectivity index is 2.36. The van der Waals surface area contributed by atoms with Crippen LogP contribution in [-0.4, -0.2) is 25.4 Å². The molecular formula is C8H5N5O. The molecule has 0 radical (unpaired) electrons. The van der Waals surface area contributed by atoms with E-state index in [1.165, 1.54) is 6.33 Å². The number of aromatic nitrogens is 5. The number of nitrogens with one attached hydrogen (secondary N) is 1. The first kappa shape index (κ1) is 7.19. The van der Waals surface area contributed by atoms with Crippen LogP contribution in [0.4, 0.5) is 0 Å². The zero-order chi connectivity index (χ0) is 9.38. The number of hydrogen-bond acceptors (Lipinski definition) is 5. The first-order valence-corrected chi connectivity index (χ1v) is 4.00. The lowest BCUT2D eigenvalue weighted by Crippen LogP contribution is -1.86. The molecule has 3 rings (SSSR count). The van der Waals surface area contributed by atoms with Crippen LogP contribution in [-0.2, 0) is 0 Å². The van der Waals surface area contributed by atoms with Crippen molar-refractivity contribution >= 4 is 11.2 Å². The van der Waals surface area contributed by atoms with Gasteiger partial charge in [-0.15, -0.1) is 5.10 Å². The highest BCUT2D eigenvalue weighted by Crippen LogP contribution is 2.22. The standard InChI is InChI=1S/C8H5N5O/c1-2-5(14-3-1)6-7-8(10-4-9-6)12-13-11-7/h1-4H,(H,9,10,11,12,13). The minimum Gasteiger partial charge on any atom is -0.463 e. The quantitative estimate of drug-likeness (QED) is 0.614. The van der Waals surface area contributed by atoms with Gasteiger partial charge >= 0.3 is 0 Å². The van der Waals surface area contributed by atoms with Crippen LogP contribution >= 0.6 is 0 Å². The zero-order valence-corrected chi connectivity index (χ0v) is 7.01. The molecule has 14 heavy (non-hydrogen) atoms. The molecule has 3 aromatic heterocycles. The molecule has 0 aliphatic carbocycles. The average Bonchev–Trinajstić information content (AvgIpc) is 2.88. The third-order valence-corrected chi connectivity index (χ3v) is 1.88. The van der Waals surface area contributed by atoms with Gasteiger partial charge < -0.3 is 4.42 Å². The summed E-state index contributed by atoms with van der Waals surface area (Å²) in [6.45, 7) is 0. The summed E-state index contributed by atoms with van der Waals surface area (Å²) in [6.07, 6.45) is 3.02. The van der Waals surface area contributed by atoms with Crippen molar-refractivity contribution < 1.29 is 4.42 Å². The number of furan rings is 1. The molecular weight excluding hydrogens is 182 g/mol. The first-order chi connectivity index (χ1) is 6.95. The normalized spacial score (nSPS) is 10.9. The van der Waals surface area contributed by atoms with Gasteiger partial charge in [0.1, 0.15) is 12.0 Å². The second-order valence-electron chi connectivity index (χ2n) is 2.70. The van der Waals surface area contributed by atoms with Gasteiger partial charge in [-0.25, -0.2) is 9.97 Å². The van der Waals surface area contributed by atoms with Gasteiger partial charge in [-0.3, -0.25) is 0 Å². The van der Waals surface area contributed by atoms with Crippen molar-refractivity contribution in [1.29, 1.82) is 0 Å². The lowest BCUT2D eigenvalue weighted by Gasteiger charge is -1.93. The highest BCUT2D eigenvalue weighted by molar-refractivity contribution is 5.83. The summed E-state index contributed by atoms with van der Waals surface area (Å²) in [7, 11) is 0. The van der Waals surface area contributed by atoms with Crippen molar-refractivity contribution in [3.63, 3.8) is 0 Å². The van der Waals surface area contributed by atoms with E-state index in [0.29, 0.717) is 22.6 Å². The van der Waals surface area contributed by atoms with E-state index < -0.39 is 0 Å². The third-order valence-electron chi connectivity index (χ3n) is 1.88. The Morgan fingerprint density at radius 1 is 1.21 bits per heavy atom. The summed E-state index contributed by atoms with van der Waals surface area (Å²) in [4.78, 5) is 8.05. The van der Waals surface area contributed by atoms with Crippen LogP contribution in [0, 0.1) is 0 Å². The van der Waals surface area contributed by atoms with Crippen molar-refractivity contribution in [3.05, 3.63) is 24.7 Å². The molecule has 0 aliphatic heterocycles. The van der Waals surface area contributed by atoms with E-state index >= 15 is 0 Å². The topological polar surface area (TPSA) is 80.5 Å². The molecule has 3 aromatic rings. The van der Waals surface area contributed by atoms with E-state index in [2.05, 4.69) is 25.4 Å². The van der Waals surface area contributed by atoms with Crippen LogP contribution in [0.1, 0.15) is 0 Å². The average molecular weight is 187 g/mol. The fourth-order valence-corrected chi connectivity index (χ4v) is 1.27. The van der Waals surface area contributed by atoms with E-state index in [1.807, 2.05) is 6.07 Å². The Hall–Kier alpha value is -2.24. The molecule has 68 valence electrons. The fourth-order valence-electron chi connectivity index (χ4n) is 1.27. The minimum atomic E-state index is 0.534. The summed E-state index contributed by atoms with van der Waals surface area (Å²) in [6, 6.07) is 3.61. The monoisotopic (exact) mass is 187 g/mol. The van der Waals surface area contributed by atoms with Gasteiger partial charge in [0.05, 0.1) is 6.26 Å². The van der Waals surface area contributed by atoms with Crippen molar-refractivity contribution in [3.8, 4) is 11.5 Å². The Kier molecular flexibility index (Phi) is 1.35. The maximum Gasteiger partial charge on any atom is 0.205 e. The number of rotatable bonds is 1. The van der Waals surface area contributed by atoms with Crippen LogP contribution in [0.5, 0.6) is 0 Å². The van der Waals surface area contributed by atoms with Gasteiger partial charge in [-0.05, 0) is 12.1 Å². The molecule has 0 spiro atoms. The number of H-pyrrole nitrogens is 1. The molecule has 1 N–H and O–H groups in total. The van der Waals surface area contributed by atoms with Crippen LogP contribution in [0.2, 0.25) is 0 Å². The lowest BCUT2D eigenvalue weighted by atomic mass is 10.3. The second kappa shape index (κ2) is 2.63. The predicted octanol–water partition coefficient (Wildman–Crippen LogP) is 1.01. The zero-order valence-electron chi connectivity index (χ0n) is 7.01. The van der Waals surface area contributed by atoms with Gasteiger partial charge in [-0.1, -0.05) is 0 Å². The van der Waals surface area contributed by atoms with Crippen molar-refractivity contribution in [2.24, 2.45) is 0 Å². The molecule has 0 fully saturated rings. The molecule has 0 bridgehead atoms. The van der Waals surface area contributed by atoms with Crippen LogP contribution in [0.15, 0.2) is 29.1 Å². The maximum atomic E-state index is 5.23. The highest BCUT2D eigenvalue weighted by Gasteiger charge is 2.11. The smallest absolute Gasteiger partial charge is 0.205 e. The molecule has 0 aliphatic rings. The van der Waals surface area contributed by atoms with E-state index in [-0.39, 0.29) is 0 Å². The summed E-state index contributed by atoms with van der Waals surface area (Å²) in [5, 5.41) is 10.3. The van der Waals surface area contributed by atoms with Gasteiger partial charge in [-0.2, -0.15) is 10.3 Å². The molecule has 6 nitrogen and oxygen atoms in total. The maximum absolute atomic E-state index is 5.23. The second-order valence-corrected chi connectivity index (χ2v) is 2.70. The molecule has 6 heteroatoms. The van der Waals surface area contributed by atoms with Crippen molar-refractivity contribution in [1.82, 2.24) is 25.4 Å². The summed E-state index contributed by atoms with van der Waals surface area (Å²) < 4.78 is 5.23. The Morgan fingerprint density at radius 3 is 3.07 bits per heavy atom. The largest absolute Gasteiger partial charge is 0.463 e. The molecule has 0 amide bonds. The van der Waals surface area contributed by atoms with Crippen LogP contribution in [0.25, 0.3) is 22.6 Å². The number of fused-ring (bicyclic) bond motifs is 1. The Morgan fingerprint density at radius 2 is 2.21 bits per heavy atom. The van der Waals surface area contributed by atoms with Crippen molar-refractivity contribution in [2.45, 2.75) is 0 Å². The van der Waals surface area contributed by atoms with E-state index in [9.17, 15) is 0 Å². The fraction of sp³-hybridized carbons (Fsp3) is 0. The number of aromatic amines is 1. The number of nitrogens with zero attached hydrogens (tertiary/aromatic N) is 4. The van der Waals surface area contributed by atoms with Crippen LogP contribution < -0.4 is 0 Å².